The van der Waals surface area contributed by atoms with Gasteiger partial charge in [-0.1, -0.05) is 53.7 Å². The predicted octanol–water partition coefficient (Wildman–Crippen LogP) is 4.50. The second kappa shape index (κ2) is 8.69. The van der Waals surface area contributed by atoms with Crippen molar-refractivity contribution < 1.29 is 14.6 Å². The molecule has 1 heterocycles. The minimum Gasteiger partial charge on any atom is -0.480 e. The number of aryl methyl sites for hydroxylation is 2. The van der Waals surface area contributed by atoms with Gasteiger partial charge in [-0.05, 0) is 48.7 Å². The number of halogens is 1. The van der Waals surface area contributed by atoms with Crippen molar-refractivity contribution in [3.63, 3.8) is 0 Å². The molecule has 2 atom stereocenters. The Morgan fingerprint density at radius 2 is 1.96 bits per heavy atom. The van der Waals surface area contributed by atoms with Gasteiger partial charge in [-0.2, -0.15) is 0 Å². The largest absolute Gasteiger partial charge is 0.480 e. The number of carbonyl (C=O) groups is 1. The van der Waals surface area contributed by atoms with Crippen LogP contribution in [0.2, 0.25) is 5.02 Å². The molecule has 7 heteroatoms. The molecule has 27 heavy (non-hydrogen) atoms. The maximum atomic E-state index is 11.6. The summed E-state index contributed by atoms with van der Waals surface area (Å²) in [4.78, 5) is 11.6. The number of hydrazine groups is 1. The number of benzene rings is 2. The standard InChI is InChI=1S/C20H21ClN2O3S/c1-12-5-3-4-6-14(12)11-26-17-10-18(27-19(17)20(24)25)23-22-16-9-15(21)8-7-13(16)2/h3-10,17,19,22-23H,11H2,1-2H3,(H,24,25). The van der Waals surface area contributed by atoms with E-state index in [9.17, 15) is 9.90 Å². The zero-order valence-corrected chi connectivity index (χ0v) is 16.6. The van der Waals surface area contributed by atoms with E-state index in [-0.39, 0.29) is 0 Å². The second-order valence-electron chi connectivity index (χ2n) is 6.32. The van der Waals surface area contributed by atoms with Gasteiger partial charge in [-0.15, -0.1) is 0 Å². The van der Waals surface area contributed by atoms with Crippen LogP contribution in [0.5, 0.6) is 0 Å². The van der Waals surface area contributed by atoms with Crippen molar-refractivity contribution in [3.8, 4) is 0 Å². The lowest BCUT2D eigenvalue weighted by Gasteiger charge is -2.16. The smallest absolute Gasteiger partial charge is 0.320 e. The highest BCUT2D eigenvalue weighted by atomic mass is 35.5. The number of ether oxygens (including phenoxy) is 1. The first kappa shape index (κ1) is 19.6. The summed E-state index contributed by atoms with van der Waals surface area (Å²) in [6, 6.07) is 13.5. The van der Waals surface area contributed by atoms with E-state index in [1.165, 1.54) is 11.8 Å². The molecule has 1 aliphatic heterocycles. The molecular weight excluding hydrogens is 384 g/mol. The third-order valence-electron chi connectivity index (χ3n) is 4.32. The summed E-state index contributed by atoms with van der Waals surface area (Å²) < 4.78 is 5.90. The Labute approximate surface area is 167 Å². The van der Waals surface area contributed by atoms with Gasteiger partial charge in [0.05, 0.1) is 17.3 Å². The Hall–Kier alpha value is -2.15. The first-order valence-electron chi connectivity index (χ1n) is 8.49. The van der Waals surface area contributed by atoms with Crippen LogP contribution < -0.4 is 10.9 Å². The third kappa shape index (κ3) is 4.97. The molecule has 3 rings (SSSR count). The first-order valence-corrected chi connectivity index (χ1v) is 9.75. The number of aliphatic carboxylic acids is 1. The van der Waals surface area contributed by atoms with Crippen LogP contribution in [0.3, 0.4) is 0 Å². The molecule has 0 saturated carbocycles. The van der Waals surface area contributed by atoms with Crippen molar-refractivity contribution in [2.24, 2.45) is 0 Å². The molecule has 5 nitrogen and oxygen atoms in total. The van der Waals surface area contributed by atoms with Gasteiger partial charge in [-0.3, -0.25) is 10.2 Å². The maximum Gasteiger partial charge on any atom is 0.320 e. The van der Waals surface area contributed by atoms with Gasteiger partial charge in [0.25, 0.3) is 0 Å². The Morgan fingerprint density at radius 1 is 1.19 bits per heavy atom. The molecule has 142 valence electrons. The molecule has 0 bridgehead atoms. The summed E-state index contributed by atoms with van der Waals surface area (Å²) >= 11 is 7.25. The molecule has 0 aliphatic carbocycles. The molecule has 1 aliphatic rings. The number of thioether (sulfide) groups is 1. The number of carboxylic acid groups (broad SMARTS) is 1. The number of rotatable bonds is 7. The Bertz CT molecular complexity index is 872. The Morgan fingerprint density at radius 3 is 2.70 bits per heavy atom. The Kier molecular flexibility index (Phi) is 6.31. The monoisotopic (exact) mass is 404 g/mol. The van der Waals surface area contributed by atoms with E-state index in [2.05, 4.69) is 10.9 Å². The van der Waals surface area contributed by atoms with Gasteiger partial charge < -0.3 is 15.3 Å². The average Bonchev–Trinajstić information content (AvgIpc) is 3.05. The van der Waals surface area contributed by atoms with Gasteiger partial charge in [0.1, 0.15) is 11.4 Å². The van der Waals surface area contributed by atoms with Crippen LogP contribution in [0, 0.1) is 13.8 Å². The van der Waals surface area contributed by atoms with Gasteiger partial charge in [0.2, 0.25) is 0 Å². The molecule has 0 amide bonds. The summed E-state index contributed by atoms with van der Waals surface area (Å²) in [5.74, 6) is -0.901. The van der Waals surface area contributed by atoms with E-state index in [4.69, 9.17) is 16.3 Å². The maximum absolute atomic E-state index is 11.6. The highest BCUT2D eigenvalue weighted by Crippen LogP contribution is 2.33. The highest BCUT2D eigenvalue weighted by Gasteiger charge is 2.35. The van der Waals surface area contributed by atoms with E-state index < -0.39 is 17.3 Å². The molecular formula is C20H21ClN2O3S. The minimum absolute atomic E-state index is 0.367. The molecule has 0 fully saturated rings. The summed E-state index contributed by atoms with van der Waals surface area (Å²) in [5, 5.41) is 10.2. The van der Waals surface area contributed by atoms with Crippen molar-refractivity contribution in [1.82, 2.24) is 5.43 Å². The number of hydrogen-bond donors (Lipinski definition) is 3. The van der Waals surface area contributed by atoms with Crippen molar-refractivity contribution in [1.29, 1.82) is 0 Å². The molecule has 3 N–H and O–H groups in total. The highest BCUT2D eigenvalue weighted by molar-refractivity contribution is 8.04. The summed E-state index contributed by atoms with van der Waals surface area (Å²) in [6.07, 6.45) is 1.28. The van der Waals surface area contributed by atoms with Crippen molar-refractivity contribution in [3.05, 3.63) is 75.3 Å². The van der Waals surface area contributed by atoms with Gasteiger partial charge in [0, 0.05) is 5.02 Å². The minimum atomic E-state index is -0.901. The second-order valence-corrected chi connectivity index (χ2v) is 7.94. The van der Waals surface area contributed by atoms with Crippen LogP contribution in [0.4, 0.5) is 5.69 Å². The van der Waals surface area contributed by atoms with Crippen molar-refractivity contribution >= 4 is 35.0 Å². The van der Waals surface area contributed by atoms with Gasteiger partial charge in [-0.25, -0.2) is 0 Å². The number of anilines is 1. The van der Waals surface area contributed by atoms with E-state index >= 15 is 0 Å². The van der Waals surface area contributed by atoms with Crippen LogP contribution in [0.1, 0.15) is 16.7 Å². The number of carboxylic acids is 1. The number of hydrogen-bond acceptors (Lipinski definition) is 5. The molecule has 2 aromatic carbocycles. The summed E-state index contributed by atoms with van der Waals surface area (Å²) in [7, 11) is 0. The van der Waals surface area contributed by atoms with Crippen LogP contribution in [-0.2, 0) is 16.1 Å². The fourth-order valence-electron chi connectivity index (χ4n) is 2.69. The lowest BCUT2D eigenvalue weighted by Crippen LogP contribution is -2.29. The average molecular weight is 405 g/mol. The zero-order chi connectivity index (χ0) is 19.4. The topological polar surface area (TPSA) is 70.6 Å². The lowest BCUT2D eigenvalue weighted by atomic mass is 10.1. The fourth-order valence-corrected chi connectivity index (χ4v) is 3.85. The van der Waals surface area contributed by atoms with E-state index in [1.807, 2.05) is 56.3 Å². The summed E-state index contributed by atoms with van der Waals surface area (Å²) in [6.45, 7) is 4.34. The quantitative estimate of drug-likeness (QED) is 0.590. The molecule has 0 radical (unpaired) electrons. The van der Waals surface area contributed by atoms with Crippen LogP contribution in [-0.4, -0.2) is 22.4 Å². The lowest BCUT2D eigenvalue weighted by molar-refractivity contribution is -0.138. The van der Waals surface area contributed by atoms with Gasteiger partial charge in [0.15, 0.2) is 0 Å². The zero-order valence-electron chi connectivity index (χ0n) is 15.0. The van der Waals surface area contributed by atoms with Crippen LogP contribution >= 0.6 is 23.4 Å². The van der Waals surface area contributed by atoms with Crippen molar-refractivity contribution in [2.75, 3.05) is 5.43 Å². The molecule has 0 spiro atoms. The molecule has 0 aromatic heterocycles. The first-order chi connectivity index (χ1) is 12.9. The molecule has 2 aromatic rings. The normalized spacial score (nSPS) is 18.9. The molecule has 0 saturated heterocycles. The third-order valence-corrected chi connectivity index (χ3v) is 5.77. The van der Waals surface area contributed by atoms with E-state index in [1.54, 1.807) is 6.08 Å². The summed E-state index contributed by atoms with van der Waals surface area (Å²) in [5.41, 5.74) is 10.2. The van der Waals surface area contributed by atoms with Crippen LogP contribution in [0.15, 0.2) is 53.6 Å². The van der Waals surface area contributed by atoms with E-state index in [0.29, 0.717) is 16.7 Å². The SMILES string of the molecule is Cc1ccccc1COC1C=C(NNc2cc(Cl)ccc2C)SC1C(=O)O. The van der Waals surface area contributed by atoms with E-state index in [0.717, 1.165) is 22.4 Å². The van der Waals surface area contributed by atoms with Crippen LogP contribution in [0.25, 0.3) is 0 Å². The predicted molar refractivity (Wildman–Crippen MR) is 110 cm³/mol. The van der Waals surface area contributed by atoms with Crippen molar-refractivity contribution in [2.45, 2.75) is 31.8 Å². The fraction of sp³-hybridized carbons (Fsp3) is 0.250. The van der Waals surface area contributed by atoms with Gasteiger partial charge >= 0.3 is 5.97 Å². The number of nitrogens with one attached hydrogen (secondary N) is 2. The molecule has 2 unspecified atom stereocenters. The Balaban J connectivity index is 1.65.